The van der Waals surface area contributed by atoms with Crippen LogP contribution in [0, 0.1) is 6.92 Å². The Labute approximate surface area is 188 Å². The fourth-order valence-corrected chi connectivity index (χ4v) is 4.60. The van der Waals surface area contributed by atoms with Gasteiger partial charge in [-0.05, 0) is 61.3 Å². The monoisotopic (exact) mass is 428 g/mol. The van der Waals surface area contributed by atoms with Crippen LogP contribution < -0.4 is 21.5 Å². The fourth-order valence-electron chi connectivity index (χ4n) is 4.60. The number of hydrogen-bond donors (Lipinski definition) is 3. The number of nitrogens with zero attached hydrogens (tertiary/aromatic N) is 3. The molecule has 5 N–H and O–H groups in total. The second-order valence-corrected chi connectivity index (χ2v) is 8.64. The van der Waals surface area contributed by atoms with Crippen molar-refractivity contribution in [3.05, 3.63) is 70.5 Å². The topological polar surface area (TPSA) is 102 Å². The SMILES string of the molecule is COc1cc2c(cc1C1(N)N=Cc3c(N)ccc(-c4cnccc4C)c3N1)CN(C)CC2. The normalized spacial score (nSPS) is 19.8. The average molecular weight is 429 g/mol. The molecule has 0 saturated carbocycles. The first-order valence-corrected chi connectivity index (χ1v) is 10.7. The van der Waals surface area contributed by atoms with E-state index in [0.717, 1.165) is 58.8 Å². The highest BCUT2D eigenvalue weighted by Gasteiger charge is 2.35. The van der Waals surface area contributed by atoms with Crippen LogP contribution in [0.25, 0.3) is 11.1 Å². The summed E-state index contributed by atoms with van der Waals surface area (Å²) < 4.78 is 5.76. The lowest BCUT2D eigenvalue weighted by molar-refractivity contribution is 0.310. The molecule has 1 aromatic heterocycles. The number of benzene rings is 2. The molecule has 0 amide bonds. The quantitative estimate of drug-likeness (QED) is 0.554. The molecule has 7 heteroatoms. The Hall–Kier alpha value is -3.42. The van der Waals surface area contributed by atoms with Gasteiger partial charge in [0, 0.05) is 54.1 Å². The Kier molecular flexibility index (Phi) is 4.87. The molecule has 0 aliphatic carbocycles. The molecule has 0 bridgehead atoms. The predicted octanol–water partition coefficient (Wildman–Crippen LogP) is 3.25. The Morgan fingerprint density at radius 3 is 2.78 bits per heavy atom. The van der Waals surface area contributed by atoms with Crippen molar-refractivity contribution in [3.63, 3.8) is 0 Å². The van der Waals surface area contributed by atoms with Gasteiger partial charge in [0.2, 0.25) is 5.79 Å². The molecule has 32 heavy (non-hydrogen) atoms. The predicted molar refractivity (Wildman–Crippen MR) is 129 cm³/mol. The third-order valence-corrected chi connectivity index (χ3v) is 6.46. The highest BCUT2D eigenvalue weighted by Crippen LogP contribution is 2.42. The van der Waals surface area contributed by atoms with Crippen molar-refractivity contribution >= 4 is 17.6 Å². The van der Waals surface area contributed by atoms with Gasteiger partial charge in [-0.25, -0.2) is 4.99 Å². The van der Waals surface area contributed by atoms with E-state index >= 15 is 0 Å². The number of aromatic nitrogens is 1. The molecule has 5 rings (SSSR count). The number of ether oxygens (including phenoxy) is 1. The van der Waals surface area contributed by atoms with Crippen LogP contribution in [0.5, 0.6) is 5.75 Å². The molecule has 0 saturated heterocycles. The lowest BCUT2D eigenvalue weighted by atomic mass is 9.92. The summed E-state index contributed by atoms with van der Waals surface area (Å²) >= 11 is 0. The van der Waals surface area contributed by atoms with E-state index in [1.165, 1.54) is 11.1 Å². The minimum absolute atomic E-state index is 0.641. The standard InChI is InChI=1S/C25H28N6O/c1-15-6-8-28-12-19(15)18-4-5-22(26)20-13-29-25(27,30-24(18)20)21-10-17-14-31(2)9-7-16(17)11-23(21)32-3/h4-6,8,10-13,30H,7,9,14,26-27H2,1-3H3. The Morgan fingerprint density at radius 1 is 1.16 bits per heavy atom. The van der Waals surface area contributed by atoms with Gasteiger partial charge in [-0.15, -0.1) is 0 Å². The molecular weight excluding hydrogens is 400 g/mol. The van der Waals surface area contributed by atoms with E-state index in [0.29, 0.717) is 5.69 Å². The van der Waals surface area contributed by atoms with Crippen molar-refractivity contribution in [1.29, 1.82) is 0 Å². The number of rotatable bonds is 3. The minimum Gasteiger partial charge on any atom is -0.496 e. The fraction of sp³-hybridized carbons (Fsp3) is 0.280. The number of nitrogen functional groups attached to an aromatic ring is 1. The number of aryl methyl sites for hydroxylation is 1. The number of fused-ring (bicyclic) bond motifs is 2. The number of pyridine rings is 1. The van der Waals surface area contributed by atoms with Gasteiger partial charge in [-0.2, -0.15) is 0 Å². The van der Waals surface area contributed by atoms with Crippen molar-refractivity contribution in [2.75, 3.05) is 31.8 Å². The average Bonchev–Trinajstić information content (AvgIpc) is 2.79. The van der Waals surface area contributed by atoms with Gasteiger partial charge < -0.3 is 20.7 Å². The number of aliphatic imine (C=N–C) groups is 1. The van der Waals surface area contributed by atoms with Crippen molar-refractivity contribution in [3.8, 4) is 16.9 Å². The molecule has 2 aliphatic rings. The number of nitrogens with one attached hydrogen (secondary N) is 1. The maximum Gasteiger partial charge on any atom is 0.212 e. The van der Waals surface area contributed by atoms with E-state index in [-0.39, 0.29) is 0 Å². The zero-order valence-electron chi connectivity index (χ0n) is 18.6. The molecule has 0 spiro atoms. The van der Waals surface area contributed by atoms with Crippen LogP contribution in [0.15, 0.2) is 47.7 Å². The number of nitrogens with two attached hydrogens (primary N) is 2. The Bertz CT molecular complexity index is 1240. The number of likely N-dealkylation sites (N-methyl/N-ethyl adjacent to an activating group) is 1. The number of anilines is 2. The van der Waals surface area contributed by atoms with E-state index in [1.54, 1.807) is 19.5 Å². The number of hydrogen-bond acceptors (Lipinski definition) is 7. The molecule has 3 heterocycles. The molecule has 1 unspecified atom stereocenters. The summed E-state index contributed by atoms with van der Waals surface area (Å²) in [5.74, 6) is -0.464. The van der Waals surface area contributed by atoms with Gasteiger partial charge in [0.15, 0.2) is 0 Å². The maximum absolute atomic E-state index is 6.92. The zero-order valence-corrected chi connectivity index (χ0v) is 18.6. The van der Waals surface area contributed by atoms with Crippen LogP contribution in [-0.2, 0) is 18.8 Å². The first-order valence-electron chi connectivity index (χ1n) is 10.7. The van der Waals surface area contributed by atoms with Crippen molar-refractivity contribution in [2.45, 2.75) is 25.7 Å². The molecular formula is C25H28N6O. The van der Waals surface area contributed by atoms with Crippen LogP contribution in [0.2, 0.25) is 0 Å². The summed E-state index contributed by atoms with van der Waals surface area (Å²) in [4.78, 5) is 11.3. The third kappa shape index (κ3) is 3.30. The third-order valence-electron chi connectivity index (χ3n) is 6.46. The second-order valence-electron chi connectivity index (χ2n) is 8.64. The first-order chi connectivity index (χ1) is 15.4. The van der Waals surface area contributed by atoms with E-state index in [9.17, 15) is 0 Å². The van der Waals surface area contributed by atoms with E-state index in [2.05, 4.69) is 41.3 Å². The largest absolute Gasteiger partial charge is 0.496 e. The molecule has 7 nitrogen and oxygen atoms in total. The summed E-state index contributed by atoms with van der Waals surface area (Å²) in [6.07, 6.45) is 6.41. The Balaban J connectivity index is 1.65. The van der Waals surface area contributed by atoms with Crippen molar-refractivity contribution in [2.24, 2.45) is 10.7 Å². The summed E-state index contributed by atoms with van der Waals surface area (Å²) in [5.41, 5.74) is 22.0. The van der Waals surface area contributed by atoms with Crippen LogP contribution in [0.4, 0.5) is 11.4 Å². The van der Waals surface area contributed by atoms with Gasteiger partial charge in [0.1, 0.15) is 5.75 Å². The van der Waals surface area contributed by atoms with Gasteiger partial charge in [0.25, 0.3) is 0 Å². The second kappa shape index (κ2) is 7.62. The summed E-state index contributed by atoms with van der Waals surface area (Å²) in [6, 6.07) is 10.1. The summed E-state index contributed by atoms with van der Waals surface area (Å²) in [7, 11) is 3.80. The molecule has 3 aromatic rings. The van der Waals surface area contributed by atoms with Crippen molar-refractivity contribution in [1.82, 2.24) is 9.88 Å². The maximum atomic E-state index is 6.92. The van der Waals surface area contributed by atoms with Crippen LogP contribution in [0.1, 0.15) is 27.8 Å². The van der Waals surface area contributed by atoms with Crippen molar-refractivity contribution < 1.29 is 4.74 Å². The molecule has 0 fully saturated rings. The molecule has 2 aliphatic heterocycles. The lowest BCUT2D eigenvalue weighted by Gasteiger charge is -2.36. The smallest absolute Gasteiger partial charge is 0.212 e. The van der Waals surface area contributed by atoms with Crippen LogP contribution in [0.3, 0.4) is 0 Å². The van der Waals surface area contributed by atoms with Crippen LogP contribution in [-0.4, -0.2) is 36.8 Å². The molecule has 164 valence electrons. The Morgan fingerprint density at radius 2 is 2.00 bits per heavy atom. The summed E-state index contributed by atoms with van der Waals surface area (Å²) in [5, 5.41) is 3.50. The van der Waals surface area contributed by atoms with E-state index in [1.807, 2.05) is 24.4 Å². The first kappa shape index (κ1) is 20.5. The van der Waals surface area contributed by atoms with Gasteiger partial charge in [0.05, 0.1) is 18.4 Å². The van der Waals surface area contributed by atoms with Gasteiger partial charge >= 0.3 is 0 Å². The molecule has 2 aromatic carbocycles. The molecule has 0 radical (unpaired) electrons. The zero-order chi connectivity index (χ0) is 22.5. The van der Waals surface area contributed by atoms with Crippen LogP contribution >= 0.6 is 0 Å². The lowest BCUT2D eigenvalue weighted by Crippen LogP contribution is -2.45. The van der Waals surface area contributed by atoms with E-state index < -0.39 is 5.79 Å². The highest BCUT2D eigenvalue weighted by molar-refractivity contribution is 6.02. The van der Waals surface area contributed by atoms with E-state index in [4.69, 9.17) is 21.2 Å². The van der Waals surface area contributed by atoms with Gasteiger partial charge in [-0.1, -0.05) is 6.07 Å². The van der Waals surface area contributed by atoms with Gasteiger partial charge in [-0.3, -0.25) is 10.7 Å². The molecule has 1 atom stereocenters. The number of methoxy groups -OCH3 is 1. The summed E-state index contributed by atoms with van der Waals surface area (Å²) in [6.45, 7) is 3.96. The minimum atomic E-state index is -1.19. The highest BCUT2D eigenvalue weighted by atomic mass is 16.5.